The number of Topliss-reactive ketones (excluding diaryl/α,β-unsaturated/α-hetero) is 1. The first-order valence-electron chi connectivity index (χ1n) is 26.5. The molecule has 0 aromatic heterocycles. The van der Waals surface area contributed by atoms with Crippen molar-refractivity contribution in [3.05, 3.63) is 119 Å². The monoisotopic (exact) mass is 1080 g/mol. The predicted octanol–water partition coefficient (Wildman–Crippen LogP) is 5.58. The zero-order valence-electron chi connectivity index (χ0n) is 45.8. The van der Waals surface area contributed by atoms with Gasteiger partial charge in [0.25, 0.3) is 5.91 Å². The molecule has 1 heterocycles. The average molecular weight is 1080 g/mol. The van der Waals surface area contributed by atoms with Gasteiger partial charge in [-0.2, -0.15) is 0 Å². The molecule has 2 saturated carbocycles. The summed E-state index contributed by atoms with van der Waals surface area (Å²) in [6, 6.07) is 20.3. The fraction of sp³-hybridized carbons (Fsp3) is 0.525. The van der Waals surface area contributed by atoms with Crippen LogP contribution in [0, 0.1) is 28.6 Å². The van der Waals surface area contributed by atoms with Crippen molar-refractivity contribution >= 4 is 47.5 Å². The molecular weight excluding hydrogens is 1010 g/mol. The van der Waals surface area contributed by atoms with E-state index in [1.807, 2.05) is 13.8 Å². The van der Waals surface area contributed by atoms with Gasteiger partial charge >= 0.3 is 35.8 Å². The van der Waals surface area contributed by atoms with Crippen molar-refractivity contribution in [1.82, 2.24) is 5.32 Å². The minimum atomic E-state index is -2.54. The molecular formula is C59H73N3O16. The van der Waals surface area contributed by atoms with Crippen molar-refractivity contribution in [2.75, 3.05) is 6.61 Å². The smallest absolute Gasteiger partial charge is 0.350 e. The van der Waals surface area contributed by atoms with Gasteiger partial charge in [-0.3, -0.25) is 28.8 Å². The molecule has 6 N–H and O–H groups in total. The average Bonchev–Trinajstić information content (AvgIpc) is 3.08. The van der Waals surface area contributed by atoms with Crippen LogP contribution in [0.3, 0.4) is 0 Å². The standard InChI is InChI=1S/C59H73N3O16/c1-11-31(3)43(60)53(68)75-40-28-41-58(30-72-41,78-35(7)64)48-50(77-52(67)38-26-20-15-21-27-38)59(71)29-39(33(5)42(56(59,8)9)46(73-34(6)63)49(65)57(40,48)10)74-55(70)47(76-54(69)44(61)32(4)12-2)45(36-22-16-13-17-23-36)62-51(66)37-24-18-14-19-25-37/h13-27,31-32,39-41,43-48,50,71H,11-12,28-30,60-61H2,1-10H3,(H,62,66)/t31-,32-,39-,40-,41+,43-,44-,45-,46+,47+,48?,50-,57+,58-,59+/m0/s1. The minimum absolute atomic E-state index is 0.0172. The quantitative estimate of drug-likeness (QED) is 0.0686. The summed E-state index contributed by atoms with van der Waals surface area (Å²) < 4.78 is 43.9. The van der Waals surface area contributed by atoms with Crippen LogP contribution in [0.1, 0.15) is 127 Å². The van der Waals surface area contributed by atoms with Crippen LogP contribution in [0.2, 0.25) is 0 Å². The summed E-state index contributed by atoms with van der Waals surface area (Å²) >= 11 is 0. The van der Waals surface area contributed by atoms with E-state index in [4.69, 9.17) is 44.6 Å². The summed E-state index contributed by atoms with van der Waals surface area (Å²) in [5.41, 5.74) is 5.01. The lowest BCUT2D eigenvalue weighted by Crippen LogP contribution is -2.82. The zero-order chi connectivity index (χ0) is 57.2. The lowest BCUT2D eigenvalue weighted by molar-refractivity contribution is -0.346. The minimum Gasteiger partial charge on any atom is -0.460 e. The van der Waals surface area contributed by atoms with E-state index in [9.17, 15) is 33.9 Å². The summed E-state index contributed by atoms with van der Waals surface area (Å²) in [5, 5.41) is 17.1. The highest BCUT2D eigenvalue weighted by molar-refractivity contribution is 5.97. The number of hydrogen-bond donors (Lipinski definition) is 4. The highest BCUT2D eigenvalue weighted by atomic mass is 16.6. The Balaban J connectivity index is 1.47. The molecule has 2 bridgehead atoms. The molecule has 0 spiro atoms. The number of carbonyl (C=O) groups is 8. The van der Waals surface area contributed by atoms with Crippen molar-refractivity contribution in [3.63, 3.8) is 0 Å². The van der Waals surface area contributed by atoms with Crippen LogP contribution in [0.5, 0.6) is 0 Å². The lowest BCUT2D eigenvalue weighted by Gasteiger charge is -2.67. The molecule has 4 aliphatic rings. The Hall–Kier alpha value is -6.80. The predicted molar refractivity (Wildman–Crippen MR) is 280 cm³/mol. The summed E-state index contributed by atoms with van der Waals surface area (Å²) in [5.74, 6) is -9.97. The lowest BCUT2D eigenvalue weighted by atomic mass is 9.44. The fourth-order valence-corrected chi connectivity index (χ4v) is 11.8. The number of carbonyl (C=O) groups excluding carboxylic acids is 8. The van der Waals surface area contributed by atoms with E-state index in [2.05, 4.69) is 5.32 Å². The Bertz CT molecular complexity index is 2790. The number of nitrogens with two attached hydrogens (primary N) is 2. The molecule has 78 heavy (non-hydrogen) atoms. The first kappa shape index (κ1) is 58.9. The van der Waals surface area contributed by atoms with Crippen LogP contribution in [0.4, 0.5) is 0 Å². The molecule has 3 fully saturated rings. The van der Waals surface area contributed by atoms with E-state index in [1.54, 1.807) is 107 Å². The highest BCUT2D eigenvalue weighted by Crippen LogP contribution is 2.65. The maximum atomic E-state index is 16.4. The van der Waals surface area contributed by atoms with Gasteiger partial charge in [0, 0.05) is 37.7 Å². The number of aliphatic hydroxyl groups is 1. The van der Waals surface area contributed by atoms with Crippen molar-refractivity contribution in [1.29, 1.82) is 0 Å². The summed E-state index contributed by atoms with van der Waals surface area (Å²) in [6.07, 6.45) is -10.2. The second kappa shape index (κ2) is 23.3. The highest BCUT2D eigenvalue weighted by Gasteiger charge is 2.79. The van der Waals surface area contributed by atoms with Crippen molar-refractivity contribution < 1.29 is 76.6 Å². The van der Waals surface area contributed by atoms with Crippen molar-refractivity contribution in [3.8, 4) is 0 Å². The summed E-state index contributed by atoms with van der Waals surface area (Å²) in [6.45, 7) is 15.0. The number of benzene rings is 3. The first-order chi connectivity index (χ1) is 36.8. The molecule has 19 heteroatoms. The molecule has 1 saturated heterocycles. The Labute approximate surface area is 454 Å². The summed E-state index contributed by atoms with van der Waals surface area (Å²) in [7, 11) is 0. The molecule has 15 atom stereocenters. The molecule has 19 nitrogen and oxygen atoms in total. The number of fused-ring (bicyclic) bond motifs is 5. The van der Waals surface area contributed by atoms with Gasteiger partial charge in [-0.15, -0.1) is 0 Å². The van der Waals surface area contributed by atoms with Crippen LogP contribution < -0.4 is 16.8 Å². The molecule has 1 unspecified atom stereocenters. The normalized spacial score (nSPS) is 29.3. The molecule has 1 amide bonds. The van der Waals surface area contributed by atoms with E-state index in [0.717, 1.165) is 13.8 Å². The number of esters is 6. The number of amides is 1. The van der Waals surface area contributed by atoms with E-state index in [-0.39, 0.29) is 34.6 Å². The molecule has 3 aromatic carbocycles. The molecule has 1 aliphatic heterocycles. The van der Waals surface area contributed by atoms with Crippen LogP contribution in [0.25, 0.3) is 0 Å². The van der Waals surface area contributed by atoms with Gasteiger partial charge in [0.2, 0.25) is 6.10 Å². The maximum Gasteiger partial charge on any atom is 0.350 e. The van der Waals surface area contributed by atoms with Crippen LogP contribution in [-0.4, -0.2) is 119 Å². The first-order valence-corrected chi connectivity index (χ1v) is 26.5. The zero-order valence-corrected chi connectivity index (χ0v) is 45.8. The van der Waals surface area contributed by atoms with E-state index >= 15 is 9.59 Å². The Morgan fingerprint density at radius 3 is 1.82 bits per heavy atom. The van der Waals surface area contributed by atoms with E-state index in [0.29, 0.717) is 18.4 Å². The molecule has 3 aromatic rings. The van der Waals surface area contributed by atoms with Crippen LogP contribution >= 0.6 is 0 Å². The van der Waals surface area contributed by atoms with Crippen LogP contribution in [-0.2, 0) is 61.9 Å². The van der Waals surface area contributed by atoms with Gasteiger partial charge in [-0.05, 0) is 66.7 Å². The largest absolute Gasteiger partial charge is 0.460 e. The second-order valence-corrected chi connectivity index (χ2v) is 22.0. The number of nitrogens with one attached hydrogen (secondary N) is 1. The third kappa shape index (κ3) is 10.9. The maximum absolute atomic E-state index is 16.4. The van der Waals surface area contributed by atoms with Gasteiger partial charge in [-0.1, -0.05) is 121 Å². The molecule has 3 aliphatic carbocycles. The number of hydrogen-bond acceptors (Lipinski definition) is 18. The van der Waals surface area contributed by atoms with Crippen LogP contribution in [0.15, 0.2) is 102 Å². The Morgan fingerprint density at radius 2 is 1.29 bits per heavy atom. The number of ketones is 1. The number of ether oxygens (including phenoxy) is 7. The second-order valence-electron chi connectivity index (χ2n) is 22.0. The Morgan fingerprint density at radius 1 is 0.744 bits per heavy atom. The number of rotatable bonds is 18. The fourth-order valence-electron chi connectivity index (χ4n) is 11.8. The van der Waals surface area contributed by atoms with Gasteiger partial charge in [0.05, 0.1) is 23.5 Å². The van der Waals surface area contributed by atoms with Crippen molar-refractivity contribution in [2.45, 2.75) is 161 Å². The van der Waals surface area contributed by atoms with E-state index in [1.165, 1.54) is 26.0 Å². The van der Waals surface area contributed by atoms with Gasteiger partial charge < -0.3 is 55.0 Å². The SMILES string of the molecule is CC[C@H](C)[C@H](N)C(=O)O[C@H]1C[C@H]2OC[C@@]2(OC(C)=O)C2[C@H](OC(=O)c3ccccc3)[C@]3(O)C[C@H](OC(=O)[C@H](OC(=O)[C@@H](N)[C@@H](C)CC)[C@@H](NC(=O)c4ccccc4)c4ccccc4)C(C)=C([C@@H](OC(C)=O)C(=O)[C@@]21C)C3(C)C. The third-order valence-electron chi connectivity index (χ3n) is 17.0. The van der Waals surface area contributed by atoms with E-state index < -0.39 is 149 Å². The van der Waals surface area contributed by atoms with Gasteiger partial charge in [0.15, 0.2) is 17.5 Å². The van der Waals surface area contributed by atoms with Gasteiger partial charge in [-0.25, -0.2) is 9.59 Å². The third-order valence-corrected chi connectivity index (χ3v) is 17.0. The Kier molecular flexibility index (Phi) is 17.6. The molecule has 420 valence electrons. The molecule has 0 radical (unpaired) electrons. The van der Waals surface area contributed by atoms with Gasteiger partial charge in [0.1, 0.15) is 48.1 Å². The summed E-state index contributed by atoms with van der Waals surface area (Å²) in [4.78, 5) is 116. The van der Waals surface area contributed by atoms with Crippen molar-refractivity contribution in [2.24, 2.45) is 40.1 Å². The molecule has 7 rings (SSSR count). The topological polar surface area (TPSA) is 285 Å².